The Morgan fingerprint density at radius 3 is 2.87 bits per heavy atom. The number of rotatable bonds is 2. The molecule has 2 atom stereocenters. The van der Waals surface area contributed by atoms with E-state index in [1.165, 1.54) is 6.42 Å². The zero-order valence-electron chi connectivity index (χ0n) is 9.61. The van der Waals surface area contributed by atoms with Crippen molar-refractivity contribution in [1.29, 1.82) is 0 Å². The Morgan fingerprint density at radius 2 is 2.20 bits per heavy atom. The highest BCUT2D eigenvalue weighted by Crippen LogP contribution is 2.29. The van der Waals surface area contributed by atoms with Gasteiger partial charge in [0.25, 0.3) is 0 Å². The van der Waals surface area contributed by atoms with Gasteiger partial charge >= 0.3 is 0 Å². The van der Waals surface area contributed by atoms with Crippen molar-refractivity contribution in [2.45, 2.75) is 58.1 Å². The van der Waals surface area contributed by atoms with E-state index in [2.05, 4.69) is 22.7 Å². The molecule has 15 heavy (non-hydrogen) atoms. The molecule has 0 bridgehead atoms. The minimum Gasteiger partial charge on any atom is -0.391 e. The molecule has 0 radical (unpaired) electrons. The van der Waals surface area contributed by atoms with Crippen LogP contribution in [-0.4, -0.2) is 20.8 Å². The van der Waals surface area contributed by atoms with E-state index in [0.29, 0.717) is 0 Å². The van der Waals surface area contributed by atoms with Gasteiger partial charge in [0.05, 0.1) is 17.8 Å². The van der Waals surface area contributed by atoms with Crippen molar-refractivity contribution in [1.82, 2.24) is 9.55 Å². The molecule has 1 aliphatic carbocycles. The lowest BCUT2D eigenvalue weighted by Crippen LogP contribution is -2.28. The van der Waals surface area contributed by atoms with E-state index in [-0.39, 0.29) is 12.1 Å². The molecular formula is C12H20N2O. The predicted octanol–water partition coefficient (Wildman–Crippen LogP) is 2.23. The van der Waals surface area contributed by atoms with Crippen LogP contribution in [0.2, 0.25) is 0 Å². The lowest BCUT2D eigenvalue weighted by atomic mass is 9.92. The second-order valence-corrected chi connectivity index (χ2v) is 4.48. The van der Waals surface area contributed by atoms with Gasteiger partial charge in [-0.3, -0.25) is 0 Å². The first-order valence-corrected chi connectivity index (χ1v) is 5.94. The van der Waals surface area contributed by atoms with Gasteiger partial charge < -0.3 is 9.67 Å². The normalized spacial score (nSPS) is 26.9. The lowest BCUT2D eigenvalue weighted by Gasteiger charge is -2.29. The monoisotopic (exact) mass is 208 g/mol. The molecule has 1 aromatic heterocycles. The third kappa shape index (κ3) is 2.07. The highest BCUT2D eigenvalue weighted by Gasteiger charge is 2.25. The molecule has 3 heteroatoms. The van der Waals surface area contributed by atoms with Gasteiger partial charge in [-0.25, -0.2) is 4.98 Å². The Balaban J connectivity index is 2.26. The summed E-state index contributed by atoms with van der Waals surface area (Å²) in [5.74, 6) is 1.11. The van der Waals surface area contributed by atoms with Crippen molar-refractivity contribution in [3.05, 3.63) is 17.7 Å². The molecule has 1 aromatic rings. The third-order valence-corrected chi connectivity index (χ3v) is 3.30. The minimum absolute atomic E-state index is 0.183. The van der Waals surface area contributed by atoms with Crippen LogP contribution in [0.5, 0.6) is 0 Å². The van der Waals surface area contributed by atoms with Crippen molar-refractivity contribution < 1.29 is 5.11 Å². The van der Waals surface area contributed by atoms with Crippen LogP contribution in [0.3, 0.4) is 0 Å². The van der Waals surface area contributed by atoms with Crippen molar-refractivity contribution in [2.75, 3.05) is 0 Å². The van der Waals surface area contributed by atoms with E-state index in [1.807, 2.05) is 6.92 Å². The van der Waals surface area contributed by atoms with E-state index in [4.69, 9.17) is 0 Å². The van der Waals surface area contributed by atoms with Crippen molar-refractivity contribution in [2.24, 2.45) is 0 Å². The van der Waals surface area contributed by atoms with Crippen LogP contribution in [-0.2, 0) is 6.42 Å². The van der Waals surface area contributed by atoms with Crippen LogP contribution in [0.25, 0.3) is 0 Å². The molecule has 1 heterocycles. The van der Waals surface area contributed by atoms with Crippen LogP contribution in [0.1, 0.15) is 50.2 Å². The zero-order valence-corrected chi connectivity index (χ0v) is 9.61. The lowest BCUT2D eigenvalue weighted by molar-refractivity contribution is 0.0741. The molecule has 0 spiro atoms. The number of aliphatic hydroxyl groups excluding tert-OH is 1. The number of hydrogen-bond donors (Lipinski definition) is 1. The number of imidazole rings is 1. The topological polar surface area (TPSA) is 38.0 Å². The Labute approximate surface area is 91.1 Å². The molecule has 84 valence electrons. The van der Waals surface area contributed by atoms with E-state index in [1.54, 1.807) is 0 Å². The maximum absolute atomic E-state index is 10.0. The Kier molecular flexibility index (Phi) is 3.10. The summed E-state index contributed by atoms with van der Waals surface area (Å²) < 4.78 is 2.19. The molecule has 1 fully saturated rings. The van der Waals surface area contributed by atoms with Gasteiger partial charge in [-0.1, -0.05) is 19.8 Å². The molecule has 3 nitrogen and oxygen atoms in total. The number of aromatic nitrogens is 2. The van der Waals surface area contributed by atoms with Gasteiger partial charge in [0.1, 0.15) is 5.82 Å². The largest absolute Gasteiger partial charge is 0.391 e. The van der Waals surface area contributed by atoms with Crippen LogP contribution in [0.4, 0.5) is 0 Å². The molecule has 2 rings (SSSR count). The Morgan fingerprint density at radius 1 is 1.47 bits per heavy atom. The predicted molar refractivity (Wildman–Crippen MR) is 59.9 cm³/mol. The fourth-order valence-electron chi connectivity index (χ4n) is 2.53. The maximum Gasteiger partial charge on any atom is 0.109 e. The fraction of sp³-hybridized carbons (Fsp3) is 0.750. The van der Waals surface area contributed by atoms with Gasteiger partial charge in [0.15, 0.2) is 0 Å². The maximum atomic E-state index is 10.0. The molecule has 0 amide bonds. The molecule has 1 aliphatic rings. The first-order valence-electron chi connectivity index (χ1n) is 5.94. The quantitative estimate of drug-likeness (QED) is 0.809. The smallest absolute Gasteiger partial charge is 0.109 e. The first kappa shape index (κ1) is 10.7. The van der Waals surface area contributed by atoms with Gasteiger partial charge in [-0.05, 0) is 19.8 Å². The van der Waals surface area contributed by atoms with Crippen LogP contribution < -0.4 is 0 Å². The summed E-state index contributed by atoms with van der Waals surface area (Å²) in [6.45, 7) is 4.14. The average Bonchev–Trinajstić information content (AvgIpc) is 2.60. The fourth-order valence-corrected chi connectivity index (χ4v) is 2.53. The second kappa shape index (κ2) is 4.35. The van der Waals surface area contributed by atoms with Crippen molar-refractivity contribution in [3.8, 4) is 0 Å². The number of aliphatic hydroxyl groups is 1. The van der Waals surface area contributed by atoms with Crippen LogP contribution in [0.15, 0.2) is 6.20 Å². The summed E-state index contributed by atoms with van der Waals surface area (Å²) >= 11 is 0. The summed E-state index contributed by atoms with van der Waals surface area (Å²) in [4.78, 5) is 4.49. The standard InChI is InChI=1S/C12H20N2O/c1-3-12-13-9(2)8-14(12)10-6-4-5-7-11(10)15/h8,10-11,15H,3-7H2,1-2H3. The number of nitrogens with zero attached hydrogens (tertiary/aromatic N) is 2. The molecule has 0 aliphatic heterocycles. The summed E-state index contributed by atoms with van der Waals surface area (Å²) in [5, 5.41) is 10.0. The van der Waals surface area contributed by atoms with Gasteiger partial charge in [-0.15, -0.1) is 0 Å². The molecule has 1 saturated carbocycles. The molecule has 0 aromatic carbocycles. The zero-order chi connectivity index (χ0) is 10.8. The minimum atomic E-state index is -0.183. The molecule has 1 N–H and O–H groups in total. The summed E-state index contributed by atoms with van der Waals surface area (Å²) in [6.07, 6.45) is 7.25. The highest BCUT2D eigenvalue weighted by molar-refractivity contribution is 5.05. The molecule has 0 saturated heterocycles. The van der Waals surface area contributed by atoms with Crippen molar-refractivity contribution in [3.63, 3.8) is 0 Å². The van der Waals surface area contributed by atoms with Gasteiger partial charge in [0.2, 0.25) is 0 Å². The second-order valence-electron chi connectivity index (χ2n) is 4.48. The third-order valence-electron chi connectivity index (χ3n) is 3.30. The van der Waals surface area contributed by atoms with E-state index in [9.17, 15) is 5.11 Å². The molecule has 2 unspecified atom stereocenters. The first-order chi connectivity index (χ1) is 7.22. The van der Waals surface area contributed by atoms with Gasteiger partial charge in [0, 0.05) is 12.6 Å². The Hall–Kier alpha value is -0.830. The van der Waals surface area contributed by atoms with E-state index >= 15 is 0 Å². The average molecular weight is 208 g/mol. The highest BCUT2D eigenvalue weighted by atomic mass is 16.3. The van der Waals surface area contributed by atoms with Crippen LogP contribution in [0, 0.1) is 6.92 Å². The Bertz CT molecular complexity index is 332. The SMILES string of the molecule is CCc1nc(C)cn1C1CCCCC1O. The number of aryl methyl sites for hydroxylation is 2. The van der Waals surface area contributed by atoms with Gasteiger partial charge in [-0.2, -0.15) is 0 Å². The summed E-state index contributed by atoms with van der Waals surface area (Å²) in [7, 11) is 0. The van der Waals surface area contributed by atoms with Crippen molar-refractivity contribution >= 4 is 0 Å². The summed E-state index contributed by atoms with van der Waals surface area (Å²) in [5.41, 5.74) is 1.06. The molecular weight excluding hydrogens is 188 g/mol. The summed E-state index contributed by atoms with van der Waals surface area (Å²) in [6, 6.07) is 0.259. The van der Waals surface area contributed by atoms with E-state index < -0.39 is 0 Å². The van der Waals surface area contributed by atoms with E-state index in [0.717, 1.165) is 37.2 Å². The number of hydrogen-bond acceptors (Lipinski definition) is 2. The van der Waals surface area contributed by atoms with Crippen LogP contribution >= 0.6 is 0 Å².